The van der Waals surface area contributed by atoms with Gasteiger partial charge in [-0.15, -0.1) is 0 Å². The second-order valence-electron chi connectivity index (χ2n) is 4.69. The first-order valence-corrected chi connectivity index (χ1v) is 6.04. The number of rotatable bonds is 5. The topological polar surface area (TPSA) is 66.6 Å². The Labute approximate surface area is 111 Å². The second kappa shape index (κ2) is 5.54. The van der Waals surface area contributed by atoms with E-state index in [1.165, 1.54) is 6.07 Å². The molecule has 6 heteroatoms. The van der Waals surface area contributed by atoms with Crippen LogP contribution in [0.15, 0.2) is 18.2 Å². The van der Waals surface area contributed by atoms with E-state index >= 15 is 0 Å². The second-order valence-corrected chi connectivity index (χ2v) is 5.10. The minimum Gasteiger partial charge on any atom is -0.389 e. The third-order valence-electron chi connectivity index (χ3n) is 2.44. The lowest BCUT2D eigenvalue weighted by molar-refractivity contribution is -0.384. The number of hydrogen-bond acceptors (Lipinski definition) is 4. The lowest BCUT2D eigenvalue weighted by atomic mass is 10.1. The number of para-hydroxylation sites is 1. The standard InChI is InChI=1S/C12H17ClN2O3/c1-4-14(8-12(2,3)16)11-9(13)6-5-7-10(11)15(17)18/h5-7,16H,4,8H2,1-3H3. The fraction of sp³-hybridized carbons (Fsp3) is 0.500. The number of likely N-dealkylation sites (N-methyl/N-ethyl adjacent to an activating group) is 1. The maximum absolute atomic E-state index is 11.0. The van der Waals surface area contributed by atoms with Gasteiger partial charge >= 0.3 is 0 Å². The normalized spacial score (nSPS) is 11.4. The van der Waals surface area contributed by atoms with Crippen LogP contribution in [0.25, 0.3) is 0 Å². The first-order valence-electron chi connectivity index (χ1n) is 5.66. The molecule has 0 aromatic heterocycles. The molecule has 1 N–H and O–H groups in total. The Bertz CT molecular complexity index is 443. The number of halogens is 1. The van der Waals surface area contributed by atoms with E-state index < -0.39 is 10.5 Å². The van der Waals surface area contributed by atoms with Crippen molar-refractivity contribution in [1.82, 2.24) is 0 Å². The van der Waals surface area contributed by atoms with Crippen LogP contribution < -0.4 is 4.90 Å². The SMILES string of the molecule is CCN(CC(C)(C)O)c1c(Cl)cccc1[N+](=O)[O-]. The maximum atomic E-state index is 11.0. The smallest absolute Gasteiger partial charge is 0.294 e. The van der Waals surface area contributed by atoms with E-state index in [1.54, 1.807) is 30.9 Å². The average molecular weight is 273 g/mol. The summed E-state index contributed by atoms with van der Waals surface area (Å²) in [6.45, 7) is 5.96. The largest absolute Gasteiger partial charge is 0.389 e. The van der Waals surface area contributed by atoms with Crippen LogP contribution >= 0.6 is 11.6 Å². The number of benzene rings is 1. The summed E-state index contributed by atoms with van der Waals surface area (Å²) in [6.07, 6.45) is 0. The molecule has 18 heavy (non-hydrogen) atoms. The summed E-state index contributed by atoms with van der Waals surface area (Å²) in [5, 5.41) is 21.2. The fourth-order valence-electron chi connectivity index (χ4n) is 1.78. The van der Waals surface area contributed by atoms with Gasteiger partial charge in [-0.25, -0.2) is 0 Å². The molecule has 0 atom stereocenters. The zero-order chi connectivity index (χ0) is 13.9. The molecular weight excluding hydrogens is 256 g/mol. The van der Waals surface area contributed by atoms with Crippen LogP contribution in [0.1, 0.15) is 20.8 Å². The predicted molar refractivity (Wildman–Crippen MR) is 72.3 cm³/mol. The van der Waals surface area contributed by atoms with Crippen molar-refractivity contribution in [2.24, 2.45) is 0 Å². The van der Waals surface area contributed by atoms with Gasteiger partial charge in [0.25, 0.3) is 5.69 Å². The van der Waals surface area contributed by atoms with Gasteiger partial charge in [-0.1, -0.05) is 17.7 Å². The molecule has 0 amide bonds. The van der Waals surface area contributed by atoms with E-state index in [0.29, 0.717) is 17.3 Å². The van der Waals surface area contributed by atoms with Crippen molar-refractivity contribution in [3.05, 3.63) is 33.3 Å². The first kappa shape index (κ1) is 14.7. The summed E-state index contributed by atoms with van der Waals surface area (Å²) in [7, 11) is 0. The molecule has 0 saturated carbocycles. The number of aliphatic hydroxyl groups is 1. The number of nitro benzene ring substituents is 1. The maximum Gasteiger partial charge on any atom is 0.294 e. The zero-order valence-corrected chi connectivity index (χ0v) is 11.4. The summed E-state index contributed by atoms with van der Waals surface area (Å²) in [5.74, 6) is 0. The minimum absolute atomic E-state index is 0.0476. The van der Waals surface area contributed by atoms with E-state index in [1.807, 2.05) is 6.92 Å². The molecule has 1 aromatic rings. The molecule has 0 fully saturated rings. The molecule has 0 spiro atoms. The molecule has 0 aliphatic heterocycles. The highest BCUT2D eigenvalue weighted by atomic mass is 35.5. The molecule has 0 unspecified atom stereocenters. The summed E-state index contributed by atoms with van der Waals surface area (Å²) >= 11 is 6.05. The summed E-state index contributed by atoms with van der Waals surface area (Å²) in [5.41, 5.74) is -0.648. The van der Waals surface area contributed by atoms with Crippen molar-refractivity contribution in [1.29, 1.82) is 0 Å². The predicted octanol–water partition coefficient (Wildman–Crippen LogP) is 2.85. The van der Waals surface area contributed by atoms with Crippen LogP contribution in [0.3, 0.4) is 0 Å². The lowest BCUT2D eigenvalue weighted by Crippen LogP contribution is -2.39. The molecular formula is C12H17ClN2O3. The molecule has 1 rings (SSSR count). The number of hydrogen-bond donors (Lipinski definition) is 1. The number of anilines is 1. The number of nitrogens with zero attached hydrogens (tertiary/aromatic N) is 2. The minimum atomic E-state index is -0.955. The molecule has 0 aliphatic rings. The molecule has 0 radical (unpaired) electrons. The van der Waals surface area contributed by atoms with E-state index in [2.05, 4.69) is 0 Å². The molecule has 0 bridgehead atoms. The Morgan fingerprint density at radius 3 is 2.56 bits per heavy atom. The van der Waals surface area contributed by atoms with Gasteiger partial charge in [0.15, 0.2) is 0 Å². The Morgan fingerprint density at radius 1 is 1.50 bits per heavy atom. The molecule has 100 valence electrons. The van der Waals surface area contributed by atoms with E-state index in [4.69, 9.17) is 11.6 Å². The highest BCUT2D eigenvalue weighted by Crippen LogP contribution is 2.35. The van der Waals surface area contributed by atoms with Crippen molar-refractivity contribution in [2.45, 2.75) is 26.4 Å². The highest BCUT2D eigenvalue weighted by molar-refractivity contribution is 6.33. The Morgan fingerprint density at radius 2 is 2.11 bits per heavy atom. The van der Waals surface area contributed by atoms with Gasteiger partial charge in [0.1, 0.15) is 5.69 Å². The van der Waals surface area contributed by atoms with Gasteiger partial charge < -0.3 is 10.0 Å². The first-order chi connectivity index (χ1) is 8.26. The highest BCUT2D eigenvalue weighted by Gasteiger charge is 2.25. The molecule has 0 saturated heterocycles. The van der Waals surface area contributed by atoms with Gasteiger partial charge in [0.2, 0.25) is 0 Å². The van der Waals surface area contributed by atoms with Crippen LogP contribution in [-0.2, 0) is 0 Å². The van der Waals surface area contributed by atoms with Crippen LogP contribution in [0.2, 0.25) is 5.02 Å². The van der Waals surface area contributed by atoms with Crippen LogP contribution in [0, 0.1) is 10.1 Å². The van der Waals surface area contributed by atoms with Crippen LogP contribution in [-0.4, -0.2) is 28.7 Å². The van der Waals surface area contributed by atoms with E-state index in [0.717, 1.165) is 0 Å². The van der Waals surface area contributed by atoms with Gasteiger partial charge in [-0.3, -0.25) is 10.1 Å². The summed E-state index contributed by atoms with van der Waals surface area (Å²) in [6, 6.07) is 4.56. The monoisotopic (exact) mass is 272 g/mol. The van der Waals surface area contributed by atoms with Gasteiger partial charge in [-0.05, 0) is 26.8 Å². The van der Waals surface area contributed by atoms with Crippen molar-refractivity contribution >= 4 is 23.0 Å². The molecule has 5 nitrogen and oxygen atoms in total. The van der Waals surface area contributed by atoms with Gasteiger partial charge in [0, 0.05) is 19.2 Å². The van der Waals surface area contributed by atoms with E-state index in [-0.39, 0.29) is 12.2 Å². The summed E-state index contributed by atoms with van der Waals surface area (Å²) in [4.78, 5) is 12.3. The Kier molecular flexibility index (Phi) is 4.53. The Hall–Kier alpha value is -1.33. The van der Waals surface area contributed by atoms with E-state index in [9.17, 15) is 15.2 Å². The van der Waals surface area contributed by atoms with Crippen LogP contribution in [0.4, 0.5) is 11.4 Å². The molecule has 1 aromatic carbocycles. The van der Waals surface area contributed by atoms with Crippen molar-refractivity contribution in [2.75, 3.05) is 18.0 Å². The lowest BCUT2D eigenvalue weighted by Gasteiger charge is -2.30. The van der Waals surface area contributed by atoms with Crippen molar-refractivity contribution in [3.8, 4) is 0 Å². The summed E-state index contributed by atoms with van der Waals surface area (Å²) < 4.78 is 0. The zero-order valence-electron chi connectivity index (χ0n) is 10.7. The quantitative estimate of drug-likeness (QED) is 0.661. The average Bonchev–Trinajstić information content (AvgIpc) is 2.24. The van der Waals surface area contributed by atoms with Crippen molar-refractivity contribution in [3.63, 3.8) is 0 Å². The molecule has 0 heterocycles. The number of nitro groups is 1. The molecule has 0 aliphatic carbocycles. The Balaban J connectivity index is 3.24. The van der Waals surface area contributed by atoms with Crippen LogP contribution in [0.5, 0.6) is 0 Å². The van der Waals surface area contributed by atoms with Gasteiger partial charge in [0.05, 0.1) is 15.5 Å². The van der Waals surface area contributed by atoms with Crippen molar-refractivity contribution < 1.29 is 10.0 Å². The third kappa shape index (κ3) is 3.58. The third-order valence-corrected chi connectivity index (χ3v) is 2.74. The fourth-order valence-corrected chi connectivity index (χ4v) is 2.07. The van der Waals surface area contributed by atoms with Gasteiger partial charge in [-0.2, -0.15) is 0 Å².